The van der Waals surface area contributed by atoms with E-state index in [2.05, 4.69) is 39.9 Å². The highest BCUT2D eigenvalue weighted by molar-refractivity contribution is 4.82. The molecule has 2 atom stereocenters. The molecule has 0 aliphatic carbocycles. The second kappa shape index (κ2) is 9.17. The maximum atomic E-state index is 5.83. The summed E-state index contributed by atoms with van der Waals surface area (Å²) in [5.41, 5.74) is 0. The smallest absolute Gasteiger partial charge is 0.0727 e. The Morgan fingerprint density at radius 3 is 1.87 bits per heavy atom. The molecule has 0 rings (SSSR count). The molecule has 0 aromatic carbocycles. The van der Waals surface area contributed by atoms with Crippen LogP contribution in [0.1, 0.15) is 53.9 Å². The zero-order valence-electron chi connectivity index (χ0n) is 11.2. The lowest BCUT2D eigenvalue weighted by Crippen LogP contribution is -2.46. The fraction of sp³-hybridized carbons (Fsp3) is 1.00. The molecule has 0 heterocycles. The van der Waals surface area contributed by atoms with Crippen molar-refractivity contribution < 1.29 is 4.74 Å². The molecule has 0 fully saturated rings. The van der Waals surface area contributed by atoms with Crippen LogP contribution in [0, 0.1) is 5.92 Å². The summed E-state index contributed by atoms with van der Waals surface area (Å²) < 4.78 is 5.83. The van der Waals surface area contributed by atoms with Crippen LogP contribution in [0.3, 0.4) is 0 Å². The number of likely N-dealkylation sites (N-methyl/N-ethyl adjacent to an activating group) is 1. The third kappa shape index (κ3) is 4.98. The Bertz CT molecular complexity index is 134. The zero-order chi connectivity index (χ0) is 11.7. The molecule has 92 valence electrons. The van der Waals surface area contributed by atoms with Gasteiger partial charge in [-0.05, 0) is 25.8 Å². The third-order valence-corrected chi connectivity index (χ3v) is 3.18. The van der Waals surface area contributed by atoms with Crippen LogP contribution in [0.4, 0.5) is 0 Å². The van der Waals surface area contributed by atoms with Crippen LogP contribution in [-0.4, -0.2) is 25.3 Å². The van der Waals surface area contributed by atoms with Crippen LogP contribution in [0.15, 0.2) is 0 Å². The molecule has 0 saturated heterocycles. The van der Waals surface area contributed by atoms with E-state index in [1.165, 1.54) is 12.8 Å². The second-order valence-corrected chi connectivity index (χ2v) is 4.06. The van der Waals surface area contributed by atoms with Crippen LogP contribution in [0.2, 0.25) is 0 Å². The predicted octanol–water partition coefficient (Wildman–Crippen LogP) is 3.22. The quantitative estimate of drug-likeness (QED) is 0.637. The summed E-state index contributed by atoms with van der Waals surface area (Å²) in [7, 11) is 0. The Balaban J connectivity index is 4.43. The van der Waals surface area contributed by atoms with Gasteiger partial charge in [-0.3, -0.25) is 0 Å². The molecular weight excluding hydrogens is 186 g/mol. The van der Waals surface area contributed by atoms with Gasteiger partial charge in [-0.2, -0.15) is 0 Å². The molecular formula is C13H29NO. The first kappa shape index (κ1) is 14.9. The van der Waals surface area contributed by atoms with E-state index < -0.39 is 0 Å². The van der Waals surface area contributed by atoms with Crippen molar-refractivity contribution in [2.45, 2.75) is 66.0 Å². The highest BCUT2D eigenvalue weighted by Crippen LogP contribution is 2.19. The summed E-state index contributed by atoms with van der Waals surface area (Å²) >= 11 is 0. The SMILES string of the molecule is CCNC(C(CC)CC)C(CC)OCC. The van der Waals surface area contributed by atoms with Gasteiger partial charge in [0.1, 0.15) is 0 Å². The van der Waals surface area contributed by atoms with E-state index in [4.69, 9.17) is 4.74 Å². The molecule has 0 aromatic heterocycles. The maximum absolute atomic E-state index is 5.83. The molecule has 0 aromatic rings. The summed E-state index contributed by atoms with van der Waals surface area (Å²) in [4.78, 5) is 0. The monoisotopic (exact) mass is 215 g/mol. The molecule has 0 radical (unpaired) electrons. The van der Waals surface area contributed by atoms with Crippen molar-refractivity contribution in [2.75, 3.05) is 13.2 Å². The average Bonchev–Trinajstić information content (AvgIpc) is 2.26. The maximum Gasteiger partial charge on any atom is 0.0727 e. The Morgan fingerprint density at radius 1 is 0.933 bits per heavy atom. The lowest BCUT2D eigenvalue weighted by atomic mass is 9.89. The van der Waals surface area contributed by atoms with E-state index in [-0.39, 0.29) is 0 Å². The van der Waals surface area contributed by atoms with Crippen molar-refractivity contribution in [1.29, 1.82) is 0 Å². The van der Waals surface area contributed by atoms with Crippen molar-refractivity contribution in [3.05, 3.63) is 0 Å². The van der Waals surface area contributed by atoms with Gasteiger partial charge in [-0.1, -0.05) is 40.5 Å². The van der Waals surface area contributed by atoms with Crippen molar-refractivity contribution in [2.24, 2.45) is 5.92 Å². The molecule has 0 aliphatic heterocycles. The molecule has 2 nitrogen and oxygen atoms in total. The first-order chi connectivity index (χ1) is 7.24. The molecule has 15 heavy (non-hydrogen) atoms. The summed E-state index contributed by atoms with van der Waals surface area (Å²) in [6.07, 6.45) is 3.94. The van der Waals surface area contributed by atoms with E-state index in [0.29, 0.717) is 12.1 Å². The Hall–Kier alpha value is -0.0800. The first-order valence-corrected chi connectivity index (χ1v) is 6.59. The highest BCUT2D eigenvalue weighted by Gasteiger charge is 2.25. The zero-order valence-corrected chi connectivity index (χ0v) is 11.2. The normalized spacial score (nSPS) is 15.6. The van der Waals surface area contributed by atoms with E-state index in [0.717, 1.165) is 25.5 Å². The van der Waals surface area contributed by atoms with Gasteiger partial charge in [0.05, 0.1) is 6.10 Å². The molecule has 0 spiro atoms. The first-order valence-electron chi connectivity index (χ1n) is 6.59. The van der Waals surface area contributed by atoms with Crippen molar-refractivity contribution in [3.63, 3.8) is 0 Å². The number of hydrogen-bond acceptors (Lipinski definition) is 2. The fourth-order valence-electron chi connectivity index (χ4n) is 2.32. The molecule has 0 aliphatic rings. The van der Waals surface area contributed by atoms with Crippen LogP contribution in [0.5, 0.6) is 0 Å². The van der Waals surface area contributed by atoms with Crippen LogP contribution in [0.25, 0.3) is 0 Å². The second-order valence-electron chi connectivity index (χ2n) is 4.06. The highest BCUT2D eigenvalue weighted by atomic mass is 16.5. The lowest BCUT2D eigenvalue weighted by Gasteiger charge is -2.32. The summed E-state index contributed by atoms with van der Waals surface area (Å²) in [5, 5.41) is 3.60. The van der Waals surface area contributed by atoms with Gasteiger partial charge in [0.25, 0.3) is 0 Å². The van der Waals surface area contributed by atoms with Crippen molar-refractivity contribution in [3.8, 4) is 0 Å². The minimum absolute atomic E-state index is 0.375. The summed E-state index contributed by atoms with van der Waals surface area (Å²) in [6.45, 7) is 12.9. The van der Waals surface area contributed by atoms with E-state index in [1.54, 1.807) is 0 Å². The third-order valence-electron chi connectivity index (χ3n) is 3.18. The van der Waals surface area contributed by atoms with Crippen molar-refractivity contribution in [1.82, 2.24) is 5.32 Å². The predicted molar refractivity (Wildman–Crippen MR) is 67.2 cm³/mol. The molecule has 2 unspecified atom stereocenters. The standard InChI is InChI=1S/C13H29NO/c1-6-11(7-2)13(14-9-4)12(8-3)15-10-5/h11-14H,6-10H2,1-5H3. The fourth-order valence-corrected chi connectivity index (χ4v) is 2.32. The number of ether oxygens (including phenoxy) is 1. The van der Waals surface area contributed by atoms with Gasteiger partial charge in [0.2, 0.25) is 0 Å². The van der Waals surface area contributed by atoms with Gasteiger partial charge >= 0.3 is 0 Å². The van der Waals surface area contributed by atoms with Crippen LogP contribution >= 0.6 is 0 Å². The minimum atomic E-state index is 0.375. The van der Waals surface area contributed by atoms with E-state index >= 15 is 0 Å². The van der Waals surface area contributed by atoms with Gasteiger partial charge in [-0.25, -0.2) is 0 Å². The van der Waals surface area contributed by atoms with Gasteiger partial charge < -0.3 is 10.1 Å². The summed E-state index contributed by atoms with van der Waals surface area (Å²) in [6, 6.07) is 0.523. The Kier molecular flexibility index (Phi) is 9.12. The lowest BCUT2D eigenvalue weighted by molar-refractivity contribution is 0.0141. The minimum Gasteiger partial charge on any atom is -0.377 e. The molecule has 0 amide bonds. The molecule has 0 saturated carbocycles. The number of hydrogen-bond donors (Lipinski definition) is 1. The number of nitrogens with one attached hydrogen (secondary N) is 1. The van der Waals surface area contributed by atoms with Crippen LogP contribution in [-0.2, 0) is 4.74 Å². The average molecular weight is 215 g/mol. The summed E-state index contributed by atoms with van der Waals surface area (Å²) in [5.74, 6) is 0.737. The van der Waals surface area contributed by atoms with Gasteiger partial charge in [-0.15, -0.1) is 0 Å². The van der Waals surface area contributed by atoms with E-state index in [1.807, 2.05) is 0 Å². The molecule has 2 heteroatoms. The van der Waals surface area contributed by atoms with Gasteiger partial charge in [0, 0.05) is 12.6 Å². The Morgan fingerprint density at radius 2 is 1.53 bits per heavy atom. The molecule has 0 bridgehead atoms. The topological polar surface area (TPSA) is 21.3 Å². The number of rotatable bonds is 9. The van der Waals surface area contributed by atoms with E-state index in [9.17, 15) is 0 Å². The largest absolute Gasteiger partial charge is 0.377 e. The van der Waals surface area contributed by atoms with Gasteiger partial charge in [0.15, 0.2) is 0 Å². The van der Waals surface area contributed by atoms with Crippen molar-refractivity contribution >= 4 is 0 Å². The Labute approximate surface area is 95.8 Å². The van der Waals surface area contributed by atoms with Crippen LogP contribution < -0.4 is 5.32 Å². The molecule has 1 N–H and O–H groups in total.